The minimum atomic E-state index is -0.559. The molecule has 1 aromatic carbocycles. The molecule has 1 aliphatic rings. The Morgan fingerprint density at radius 1 is 1.26 bits per heavy atom. The van der Waals surface area contributed by atoms with Crippen LogP contribution in [-0.2, 0) is 4.79 Å². The summed E-state index contributed by atoms with van der Waals surface area (Å²) in [6.07, 6.45) is -0.349. The van der Waals surface area contributed by atoms with Gasteiger partial charge >= 0.3 is 0 Å². The van der Waals surface area contributed by atoms with E-state index < -0.39 is 6.10 Å². The number of nitrogens with zero attached hydrogens (tertiary/aromatic N) is 3. The molecule has 2 heterocycles. The Kier molecular flexibility index (Phi) is 4.52. The Morgan fingerprint density at radius 2 is 1.96 bits per heavy atom. The summed E-state index contributed by atoms with van der Waals surface area (Å²) in [5, 5.41) is 9.87. The van der Waals surface area contributed by atoms with Gasteiger partial charge in [0.2, 0.25) is 11.9 Å². The van der Waals surface area contributed by atoms with E-state index in [2.05, 4.69) is 14.9 Å². The SMILES string of the molecule is CC(C)[C@@H](O)CC(=O)N1CCN(c2nc3ccccc3[nH]2)CC1. The lowest BCUT2D eigenvalue weighted by Gasteiger charge is -2.35. The molecule has 3 rings (SSSR count). The number of hydrogen-bond acceptors (Lipinski definition) is 4. The van der Waals surface area contributed by atoms with Crippen LogP contribution in [-0.4, -0.2) is 58.2 Å². The van der Waals surface area contributed by atoms with Crippen LogP contribution < -0.4 is 4.90 Å². The number of aromatic nitrogens is 2. The molecule has 0 unspecified atom stereocenters. The van der Waals surface area contributed by atoms with Crippen LogP contribution in [0.1, 0.15) is 20.3 Å². The largest absolute Gasteiger partial charge is 0.392 e. The van der Waals surface area contributed by atoms with Gasteiger partial charge in [-0.25, -0.2) is 4.98 Å². The van der Waals surface area contributed by atoms with Gasteiger partial charge in [-0.3, -0.25) is 4.79 Å². The number of carbonyl (C=O) groups excluding carboxylic acids is 1. The molecule has 0 saturated carbocycles. The molecule has 2 aromatic rings. The van der Waals surface area contributed by atoms with E-state index in [0.717, 1.165) is 30.1 Å². The maximum atomic E-state index is 12.2. The number of hydrogen-bond donors (Lipinski definition) is 2. The van der Waals surface area contributed by atoms with E-state index in [1.807, 2.05) is 43.0 Å². The first-order chi connectivity index (χ1) is 11.0. The molecule has 1 atom stereocenters. The molecule has 124 valence electrons. The summed E-state index contributed by atoms with van der Waals surface area (Å²) < 4.78 is 0. The van der Waals surface area contributed by atoms with Gasteiger partial charge in [-0.15, -0.1) is 0 Å². The lowest BCUT2D eigenvalue weighted by Crippen LogP contribution is -2.49. The van der Waals surface area contributed by atoms with E-state index in [0.29, 0.717) is 13.1 Å². The number of carbonyl (C=O) groups is 1. The molecule has 6 nitrogen and oxygen atoms in total. The second-order valence-corrected chi connectivity index (χ2v) is 6.46. The zero-order valence-corrected chi connectivity index (χ0v) is 13.7. The van der Waals surface area contributed by atoms with E-state index in [1.54, 1.807) is 0 Å². The van der Waals surface area contributed by atoms with Gasteiger partial charge in [-0.1, -0.05) is 26.0 Å². The van der Waals surface area contributed by atoms with Crippen molar-refractivity contribution in [1.82, 2.24) is 14.9 Å². The highest BCUT2D eigenvalue weighted by molar-refractivity contribution is 5.78. The average molecular weight is 316 g/mol. The minimum absolute atomic E-state index is 0.0375. The van der Waals surface area contributed by atoms with Crippen molar-refractivity contribution in [2.75, 3.05) is 31.1 Å². The zero-order chi connectivity index (χ0) is 16.4. The molecule has 0 spiro atoms. The van der Waals surface area contributed by atoms with Gasteiger partial charge in [0.05, 0.1) is 23.6 Å². The Balaban J connectivity index is 1.58. The molecular weight excluding hydrogens is 292 g/mol. The first kappa shape index (κ1) is 15.8. The topological polar surface area (TPSA) is 72.5 Å². The van der Waals surface area contributed by atoms with Crippen molar-refractivity contribution in [3.05, 3.63) is 24.3 Å². The Hall–Kier alpha value is -2.08. The number of H-pyrrole nitrogens is 1. The highest BCUT2D eigenvalue weighted by Crippen LogP contribution is 2.19. The normalized spacial score (nSPS) is 17.0. The molecule has 2 N–H and O–H groups in total. The van der Waals surface area contributed by atoms with Gasteiger partial charge in [0, 0.05) is 26.2 Å². The fourth-order valence-corrected chi connectivity index (χ4v) is 2.80. The van der Waals surface area contributed by atoms with Crippen LogP contribution in [0.2, 0.25) is 0 Å². The highest BCUT2D eigenvalue weighted by Gasteiger charge is 2.25. The maximum absolute atomic E-state index is 12.2. The molecule has 0 aliphatic carbocycles. The van der Waals surface area contributed by atoms with Crippen LogP contribution in [0.25, 0.3) is 11.0 Å². The van der Waals surface area contributed by atoms with E-state index in [1.165, 1.54) is 0 Å². The third-order valence-electron chi connectivity index (χ3n) is 4.46. The van der Waals surface area contributed by atoms with E-state index in [9.17, 15) is 9.90 Å². The van der Waals surface area contributed by atoms with Crippen molar-refractivity contribution in [2.24, 2.45) is 5.92 Å². The molecule has 0 radical (unpaired) electrons. The lowest BCUT2D eigenvalue weighted by atomic mass is 10.0. The van der Waals surface area contributed by atoms with Gasteiger partial charge in [-0.05, 0) is 18.1 Å². The summed E-state index contributed by atoms with van der Waals surface area (Å²) in [5.41, 5.74) is 1.99. The number of fused-ring (bicyclic) bond motifs is 1. The number of aliphatic hydroxyl groups is 1. The first-order valence-electron chi connectivity index (χ1n) is 8.20. The summed E-state index contributed by atoms with van der Waals surface area (Å²) in [5.74, 6) is 1.01. The van der Waals surface area contributed by atoms with Gasteiger partial charge in [0.1, 0.15) is 0 Å². The number of amides is 1. The number of aromatic amines is 1. The first-order valence-corrected chi connectivity index (χ1v) is 8.20. The molecule has 1 aliphatic heterocycles. The van der Waals surface area contributed by atoms with Crippen molar-refractivity contribution in [3.8, 4) is 0 Å². The Bertz CT molecular complexity index is 641. The van der Waals surface area contributed by atoms with Crippen LogP contribution in [0.3, 0.4) is 0 Å². The molecule has 0 bridgehead atoms. The summed E-state index contributed by atoms with van der Waals surface area (Å²) in [6, 6.07) is 7.96. The molecule has 1 aromatic heterocycles. The number of anilines is 1. The van der Waals surface area contributed by atoms with Crippen molar-refractivity contribution < 1.29 is 9.90 Å². The number of rotatable bonds is 4. The van der Waals surface area contributed by atoms with Crippen LogP contribution in [0.5, 0.6) is 0 Å². The zero-order valence-electron chi connectivity index (χ0n) is 13.7. The number of benzene rings is 1. The Labute approximate surface area is 136 Å². The van der Waals surface area contributed by atoms with Crippen LogP contribution in [0.4, 0.5) is 5.95 Å². The molecule has 23 heavy (non-hydrogen) atoms. The molecule has 1 amide bonds. The standard InChI is InChI=1S/C17H24N4O2/c1-12(2)15(22)11-16(23)20-7-9-21(10-8-20)17-18-13-5-3-4-6-14(13)19-17/h3-6,12,15,22H,7-11H2,1-2H3,(H,18,19)/t15-/m0/s1. The summed E-state index contributed by atoms with van der Waals surface area (Å²) >= 11 is 0. The molecule has 1 saturated heterocycles. The number of imidazole rings is 1. The van der Waals surface area contributed by atoms with Crippen LogP contribution in [0, 0.1) is 5.92 Å². The number of para-hydroxylation sites is 2. The number of aliphatic hydroxyl groups excluding tert-OH is 1. The van der Waals surface area contributed by atoms with Crippen molar-refractivity contribution >= 4 is 22.9 Å². The minimum Gasteiger partial charge on any atom is -0.392 e. The fourth-order valence-electron chi connectivity index (χ4n) is 2.80. The van der Waals surface area contributed by atoms with E-state index >= 15 is 0 Å². The third kappa shape index (κ3) is 3.47. The lowest BCUT2D eigenvalue weighted by molar-refractivity contribution is -0.134. The third-order valence-corrected chi connectivity index (χ3v) is 4.46. The quantitative estimate of drug-likeness (QED) is 0.899. The molecule has 1 fully saturated rings. The fraction of sp³-hybridized carbons (Fsp3) is 0.529. The van der Waals surface area contributed by atoms with Crippen LogP contribution in [0.15, 0.2) is 24.3 Å². The smallest absolute Gasteiger partial charge is 0.225 e. The van der Waals surface area contributed by atoms with Gasteiger partial charge in [-0.2, -0.15) is 0 Å². The van der Waals surface area contributed by atoms with Gasteiger partial charge in [0.25, 0.3) is 0 Å². The summed E-state index contributed by atoms with van der Waals surface area (Å²) in [4.78, 5) is 24.2. The summed E-state index contributed by atoms with van der Waals surface area (Å²) in [6.45, 7) is 6.70. The van der Waals surface area contributed by atoms with Gasteiger partial charge < -0.3 is 19.9 Å². The highest BCUT2D eigenvalue weighted by atomic mass is 16.3. The second-order valence-electron chi connectivity index (χ2n) is 6.46. The monoisotopic (exact) mass is 316 g/mol. The predicted molar refractivity (Wildman–Crippen MR) is 90.3 cm³/mol. The van der Waals surface area contributed by atoms with Crippen LogP contribution >= 0.6 is 0 Å². The van der Waals surface area contributed by atoms with Gasteiger partial charge in [0.15, 0.2) is 0 Å². The summed E-state index contributed by atoms with van der Waals surface area (Å²) in [7, 11) is 0. The van der Waals surface area contributed by atoms with Crippen molar-refractivity contribution in [2.45, 2.75) is 26.4 Å². The molecule has 6 heteroatoms. The predicted octanol–water partition coefficient (Wildman–Crippen LogP) is 1.62. The molecular formula is C17H24N4O2. The van der Waals surface area contributed by atoms with Crippen molar-refractivity contribution in [3.63, 3.8) is 0 Å². The average Bonchev–Trinajstić information content (AvgIpc) is 2.98. The Morgan fingerprint density at radius 3 is 2.61 bits per heavy atom. The number of nitrogens with one attached hydrogen (secondary N) is 1. The van der Waals surface area contributed by atoms with Crippen molar-refractivity contribution in [1.29, 1.82) is 0 Å². The van der Waals surface area contributed by atoms with E-state index in [-0.39, 0.29) is 18.2 Å². The van der Waals surface area contributed by atoms with E-state index in [4.69, 9.17) is 0 Å². The number of piperazine rings is 1. The second kappa shape index (κ2) is 6.58. The maximum Gasteiger partial charge on any atom is 0.225 e.